The number of para-hydroxylation sites is 1. The van der Waals surface area contributed by atoms with Gasteiger partial charge in [0.1, 0.15) is 5.58 Å². The van der Waals surface area contributed by atoms with E-state index in [1.54, 1.807) is 25.5 Å². The number of hydrogen-bond donors (Lipinski definition) is 1. The highest BCUT2D eigenvalue weighted by Crippen LogP contribution is 2.20. The number of nitrogens with zero attached hydrogens (tertiary/aromatic N) is 3. The Morgan fingerprint density at radius 1 is 1.35 bits per heavy atom. The molecule has 1 saturated heterocycles. The zero-order valence-corrected chi connectivity index (χ0v) is 14.5. The lowest BCUT2D eigenvalue weighted by Gasteiger charge is -2.33. The van der Waals surface area contributed by atoms with Gasteiger partial charge in [0.2, 0.25) is 0 Å². The number of hydrogen-bond acceptors (Lipinski definition) is 5. The van der Waals surface area contributed by atoms with Crippen molar-refractivity contribution in [1.82, 2.24) is 14.9 Å². The van der Waals surface area contributed by atoms with Crippen molar-refractivity contribution in [2.75, 3.05) is 18.0 Å². The predicted molar refractivity (Wildman–Crippen MR) is 98.4 cm³/mol. The molecule has 2 aromatic heterocycles. The van der Waals surface area contributed by atoms with Crippen LogP contribution in [0, 0.1) is 0 Å². The Morgan fingerprint density at radius 2 is 2.19 bits per heavy atom. The third-order valence-electron chi connectivity index (χ3n) is 4.70. The SMILES string of the molecule is Cn1ccnc(N2CCC[C@H](NC(=O)c3cc4ccccc4o3)C2)c1=O. The minimum Gasteiger partial charge on any atom is -0.451 e. The number of fused-ring (bicyclic) bond motifs is 1. The van der Waals surface area contributed by atoms with Gasteiger partial charge in [-0.2, -0.15) is 0 Å². The van der Waals surface area contributed by atoms with Crippen LogP contribution in [0.3, 0.4) is 0 Å². The Kier molecular flexibility index (Phi) is 4.20. The van der Waals surface area contributed by atoms with Gasteiger partial charge in [-0.3, -0.25) is 9.59 Å². The first-order valence-corrected chi connectivity index (χ1v) is 8.68. The topological polar surface area (TPSA) is 80.4 Å². The van der Waals surface area contributed by atoms with Crippen LogP contribution in [-0.2, 0) is 7.05 Å². The third kappa shape index (κ3) is 3.08. The van der Waals surface area contributed by atoms with Crippen molar-refractivity contribution in [3.63, 3.8) is 0 Å². The molecule has 1 aliphatic heterocycles. The number of rotatable bonds is 3. The van der Waals surface area contributed by atoms with E-state index in [2.05, 4.69) is 10.3 Å². The van der Waals surface area contributed by atoms with Gasteiger partial charge in [0.15, 0.2) is 11.6 Å². The molecule has 0 radical (unpaired) electrons. The van der Waals surface area contributed by atoms with Gasteiger partial charge in [0.05, 0.1) is 0 Å². The summed E-state index contributed by atoms with van der Waals surface area (Å²) in [5.74, 6) is 0.497. The highest BCUT2D eigenvalue weighted by atomic mass is 16.3. The van der Waals surface area contributed by atoms with Crippen molar-refractivity contribution in [3.05, 3.63) is 58.8 Å². The molecular formula is C19H20N4O3. The van der Waals surface area contributed by atoms with Gasteiger partial charge in [-0.05, 0) is 25.0 Å². The summed E-state index contributed by atoms with van der Waals surface area (Å²) in [5, 5.41) is 3.92. The van der Waals surface area contributed by atoms with Crippen molar-refractivity contribution in [2.45, 2.75) is 18.9 Å². The number of benzene rings is 1. The molecule has 7 heteroatoms. The smallest absolute Gasteiger partial charge is 0.293 e. The third-order valence-corrected chi connectivity index (χ3v) is 4.70. The standard InChI is InChI=1S/C19H20N4O3/c1-22-10-8-20-17(19(22)25)23-9-4-6-14(12-23)21-18(24)16-11-13-5-2-3-7-15(13)26-16/h2-3,5,7-8,10-11,14H,4,6,9,12H2,1H3,(H,21,24)/t14-/m0/s1. The molecule has 0 aliphatic carbocycles. The lowest BCUT2D eigenvalue weighted by molar-refractivity contribution is 0.0907. The Morgan fingerprint density at radius 3 is 3.04 bits per heavy atom. The molecule has 0 spiro atoms. The normalized spacial score (nSPS) is 17.4. The number of furan rings is 1. The maximum Gasteiger partial charge on any atom is 0.293 e. The summed E-state index contributed by atoms with van der Waals surface area (Å²) in [6.45, 7) is 1.31. The van der Waals surface area contributed by atoms with Gasteiger partial charge < -0.3 is 19.2 Å². The Hall–Kier alpha value is -3.09. The summed E-state index contributed by atoms with van der Waals surface area (Å²) in [5.41, 5.74) is 0.566. The Bertz CT molecular complexity index is 974. The molecular weight excluding hydrogens is 332 g/mol. The molecule has 1 N–H and O–H groups in total. The van der Waals surface area contributed by atoms with Crippen molar-refractivity contribution >= 4 is 22.7 Å². The second-order valence-electron chi connectivity index (χ2n) is 6.57. The van der Waals surface area contributed by atoms with Crippen molar-refractivity contribution in [1.29, 1.82) is 0 Å². The van der Waals surface area contributed by atoms with Crippen LogP contribution in [-0.4, -0.2) is 34.6 Å². The first-order valence-electron chi connectivity index (χ1n) is 8.68. The highest BCUT2D eigenvalue weighted by Gasteiger charge is 2.25. The fraction of sp³-hybridized carbons (Fsp3) is 0.316. The van der Waals surface area contributed by atoms with E-state index in [-0.39, 0.29) is 17.5 Å². The summed E-state index contributed by atoms with van der Waals surface area (Å²) in [6.07, 6.45) is 4.99. The molecule has 1 amide bonds. The number of carbonyl (C=O) groups is 1. The van der Waals surface area contributed by atoms with E-state index in [1.807, 2.05) is 29.2 Å². The van der Waals surface area contributed by atoms with E-state index in [9.17, 15) is 9.59 Å². The zero-order chi connectivity index (χ0) is 18.1. The molecule has 0 saturated carbocycles. The van der Waals surface area contributed by atoms with Gasteiger partial charge >= 0.3 is 0 Å². The fourth-order valence-corrected chi connectivity index (χ4v) is 3.34. The van der Waals surface area contributed by atoms with Crippen LogP contribution in [0.2, 0.25) is 0 Å². The van der Waals surface area contributed by atoms with Gasteiger partial charge in [-0.1, -0.05) is 18.2 Å². The maximum atomic E-state index is 12.5. The van der Waals surface area contributed by atoms with Crippen molar-refractivity contribution in [3.8, 4) is 0 Å². The highest BCUT2D eigenvalue weighted by molar-refractivity contribution is 5.96. The molecule has 1 atom stereocenters. The van der Waals surface area contributed by atoms with Crippen LogP contribution in [0.15, 0.2) is 51.9 Å². The van der Waals surface area contributed by atoms with E-state index >= 15 is 0 Å². The minimum atomic E-state index is -0.234. The lowest BCUT2D eigenvalue weighted by Crippen LogP contribution is -2.49. The second kappa shape index (κ2) is 6.67. The first kappa shape index (κ1) is 16.4. The van der Waals surface area contributed by atoms with Crippen molar-refractivity contribution in [2.24, 2.45) is 7.05 Å². The summed E-state index contributed by atoms with van der Waals surface area (Å²) in [4.78, 5) is 31.0. The van der Waals surface area contributed by atoms with E-state index < -0.39 is 0 Å². The van der Waals surface area contributed by atoms with Crippen LogP contribution in [0.25, 0.3) is 11.0 Å². The molecule has 0 unspecified atom stereocenters. The number of aromatic nitrogens is 2. The van der Waals surface area contributed by atoms with E-state index in [1.165, 1.54) is 4.57 Å². The summed E-state index contributed by atoms with van der Waals surface area (Å²) in [6, 6.07) is 9.22. The molecule has 1 aliphatic rings. The second-order valence-corrected chi connectivity index (χ2v) is 6.57. The molecule has 134 valence electrons. The number of aryl methyl sites for hydroxylation is 1. The van der Waals surface area contributed by atoms with Crippen LogP contribution >= 0.6 is 0 Å². The molecule has 7 nitrogen and oxygen atoms in total. The maximum absolute atomic E-state index is 12.5. The average molecular weight is 352 g/mol. The molecule has 0 bridgehead atoms. The van der Waals surface area contributed by atoms with Crippen LogP contribution in [0.4, 0.5) is 5.82 Å². The Labute approximate surface area is 150 Å². The lowest BCUT2D eigenvalue weighted by atomic mass is 10.1. The zero-order valence-electron chi connectivity index (χ0n) is 14.5. The summed E-state index contributed by atoms with van der Waals surface area (Å²) < 4.78 is 7.14. The molecule has 3 heterocycles. The van der Waals surface area contributed by atoms with Crippen molar-refractivity contribution < 1.29 is 9.21 Å². The largest absolute Gasteiger partial charge is 0.451 e. The number of anilines is 1. The number of nitrogens with one attached hydrogen (secondary N) is 1. The van der Waals surface area contributed by atoms with E-state index in [4.69, 9.17) is 4.42 Å². The summed E-state index contributed by atoms with van der Waals surface area (Å²) >= 11 is 0. The monoisotopic (exact) mass is 352 g/mol. The number of piperidine rings is 1. The van der Waals surface area contributed by atoms with E-state index in [0.717, 1.165) is 24.8 Å². The summed E-state index contributed by atoms with van der Waals surface area (Å²) in [7, 11) is 1.71. The van der Waals surface area contributed by atoms with Gasteiger partial charge in [0, 0.05) is 44.0 Å². The van der Waals surface area contributed by atoms with E-state index in [0.29, 0.717) is 23.7 Å². The molecule has 1 fully saturated rings. The quantitative estimate of drug-likeness (QED) is 0.779. The number of carbonyl (C=O) groups excluding carboxylic acids is 1. The Balaban J connectivity index is 1.48. The molecule has 3 aromatic rings. The molecule has 26 heavy (non-hydrogen) atoms. The molecule has 4 rings (SSSR count). The minimum absolute atomic E-state index is 0.0591. The van der Waals surface area contributed by atoms with Gasteiger partial charge in [-0.25, -0.2) is 4.98 Å². The average Bonchev–Trinajstić information content (AvgIpc) is 3.09. The predicted octanol–water partition coefficient (Wildman–Crippen LogP) is 1.93. The molecule has 1 aromatic carbocycles. The van der Waals surface area contributed by atoms with Gasteiger partial charge in [-0.15, -0.1) is 0 Å². The first-order chi connectivity index (χ1) is 12.6. The van der Waals surface area contributed by atoms with Crippen LogP contribution < -0.4 is 15.8 Å². The van der Waals surface area contributed by atoms with Crippen LogP contribution in [0.5, 0.6) is 0 Å². The fourth-order valence-electron chi connectivity index (χ4n) is 3.34. The van der Waals surface area contributed by atoms with Gasteiger partial charge in [0.25, 0.3) is 11.5 Å². The number of amides is 1. The van der Waals surface area contributed by atoms with Crippen LogP contribution in [0.1, 0.15) is 23.4 Å².